The van der Waals surface area contributed by atoms with E-state index in [1.165, 1.54) is 0 Å². The lowest BCUT2D eigenvalue weighted by molar-refractivity contribution is -0.273. The number of carbonyl (C=O) groups excluding carboxylic acids is 1. The molecular weight excluding hydrogens is 156 g/mol. The normalized spacial score (nSPS) is 12.6. The van der Waals surface area contributed by atoms with E-state index < -0.39 is 0 Å². The lowest BCUT2D eigenvalue weighted by atomic mass is 10.1. The van der Waals surface area contributed by atoms with Gasteiger partial charge >= 0.3 is 5.97 Å². The Morgan fingerprint density at radius 3 is 2.58 bits per heavy atom. The third-order valence-corrected chi connectivity index (χ3v) is 1.65. The van der Waals surface area contributed by atoms with Crippen molar-refractivity contribution in [1.82, 2.24) is 0 Å². The molecule has 0 N–H and O–H groups in total. The van der Waals surface area contributed by atoms with Crippen LogP contribution in [0.4, 0.5) is 0 Å². The smallest absolute Gasteiger partial charge is 0.298 e. The van der Waals surface area contributed by atoms with Gasteiger partial charge in [-0.2, -0.15) is 4.89 Å². The lowest BCUT2D eigenvalue weighted by Crippen LogP contribution is -2.14. The molecule has 0 aliphatic carbocycles. The van der Waals surface area contributed by atoms with Crippen molar-refractivity contribution in [2.24, 2.45) is 5.92 Å². The molecule has 0 saturated heterocycles. The molecular formula is C9H18O3. The molecule has 72 valence electrons. The van der Waals surface area contributed by atoms with Gasteiger partial charge in [0.1, 0.15) is 0 Å². The van der Waals surface area contributed by atoms with Gasteiger partial charge < -0.3 is 0 Å². The molecule has 0 aliphatic heterocycles. The van der Waals surface area contributed by atoms with E-state index in [1.807, 2.05) is 6.92 Å². The Morgan fingerprint density at radius 1 is 1.42 bits per heavy atom. The minimum absolute atomic E-state index is 0.0449. The van der Waals surface area contributed by atoms with Gasteiger partial charge in [-0.3, -0.25) is 4.89 Å². The molecule has 0 aliphatic rings. The van der Waals surface area contributed by atoms with Crippen LogP contribution in [0.1, 0.15) is 40.0 Å². The van der Waals surface area contributed by atoms with Crippen LogP contribution in [0.25, 0.3) is 0 Å². The molecule has 0 heterocycles. The van der Waals surface area contributed by atoms with Gasteiger partial charge in [0, 0.05) is 0 Å². The van der Waals surface area contributed by atoms with Crippen LogP contribution in [-0.4, -0.2) is 12.6 Å². The maximum absolute atomic E-state index is 11.1. The Balaban J connectivity index is 3.47. The van der Waals surface area contributed by atoms with Gasteiger partial charge in [0.05, 0.1) is 12.5 Å². The van der Waals surface area contributed by atoms with E-state index >= 15 is 0 Å². The zero-order valence-corrected chi connectivity index (χ0v) is 8.13. The quantitative estimate of drug-likeness (QED) is 0.458. The Morgan fingerprint density at radius 2 is 2.08 bits per heavy atom. The third-order valence-electron chi connectivity index (χ3n) is 1.65. The number of hydrogen-bond acceptors (Lipinski definition) is 3. The first kappa shape index (κ1) is 11.4. The summed E-state index contributed by atoms with van der Waals surface area (Å²) >= 11 is 0. The zero-order valence-electron chi connectivity index (χ0n) is 8.13. The van der Waals surface area contributed by atoms with Crippen LogP contribution in [-0.2, 0) is 14.6 Å². The van der Waals surface area contributed by atoms with Crippen LogP contribution < -0.4 is 0 Å². The zero-order chi connectivity index (χ0) is 9.40. The Kier molecular flexibility index (Phi) is 6.76. The summed E-state index contributed by atoms with van der Waals surface area (Å²) in [6.45, 7) is 6.15. The molecule has 0 radical (unpaired) electrons. The number of rotatable bonds is 6. The Bertz CT molecular complexity index is 123. The highest BCUT2D eigenvalue weighted by molar-refractivity contribution is 5.71. The Hall–Kier alpha value is -0.570. The molecule has 0 aromatic carbocycles. The average molecular weight is 174 g/mol. The van der Waals surface area contributed by atoms with E-state index in [1.54, 1.807) is 6.92 Å². The van der Waals surface area contributed by atoms with Gasteiger partial charge in [-0.15, -0.1) is 0 Å². The van der Waals surface area contributed by atoms with Crippen LogP contribution in [0.2, 0.25) is 0 Å². The first-order valence-electron chi connectivity index (χ1n) is 4.55. The topological polar surface area (TPSA) is 35.5 Å². The Labute approximate surface area is 74.0 Å². The molecule has 0 aromatic rings. The highest BCUT2D eigenvalue weighted by Crippen LogP contribution is 2.09. The molecule has 12 heavy (non-hydrogen) atoms. The molecule has 0 rings (SSSR count). The largest absolute Gasteiger partial charge is 0.345 e. The molecule has 3 heteroatoms. The van der Waals surface area contributed by atoms with Crippen LogP contribution in [0, 0.1) is 5.92 Å². The van der Waals surface area contributed by atoms with Crippen molar-refractivity contribution in [3.05, 3.63) is 0 Å². The molecule has 0 bridgehead atoms. The van der Waals surface area contributed by atoms with Gasteiger partial charge in [0.25, 0.3) is 0 Å². The molecule has 3 nitrogen and oxygen atoms in total. The van der Waals surface area contributed by atoms with Crippen molar-refractivity contribution in [2.45, 2.75) is 40.0 Å². The van der Waals surface area contributed by atoms with E-state index in [2.05, 4.69) is 16.7 Å². The SMILES string of the molecule is CCCCC(C)C(=O)OOCC. The minimum atomic E-state index is -0.259. The molecule has 0 spiro atoms. The van der Waals surface area contributed by atoms with Crippen molar-refractivity contribution in [2.75, 3.05) is 6.61 Å². The second-order valence-electron chi connectivity index (χ2n) is 2.85. The highest BCUT2D eigenvalue weighted by atomic mass is 17.2. The predicted molar refractivity (Wildman–Crippen MR) is 46.4 cm³/mol. The lowest BCUT2D eigenvalue weighted by Gasteiger charge is -2.07. The minimum Gasteiger partial charge on any atom is -0.298 e. The summed E-state index contributed by atoms with van der Waals surface area (Å²) < 4.78 is 0. The van der Waals surface area contributed by atoms with Crippen molar-refractivity contribution in [3.63, 3.8) is 0 Å². The highest BCUT2D eigenvalue weighted by Gasteiger charge is 2.14. The summed E-state index contributed by atoms with van der Waals surface area (Å²) in [4.78, 5) is 20.1. The van der Waals surface area contributed by atoms with E-state index in [0.29, 0.717) is 6.61 Å². The molecule has 1 atom stereocenters. The molecule has 0 aromatic heterocycles. The fraction of sp³-hybridized carbons (Fsp3) is 0.889. The van der Waals surface area contributed by atoms with E-state index in [4.69, 9.17) is 0 Å². The van der Waals surface area contributed by atoms with Gasteiger partial charge in [-0.25, -0.2) is 4.79 Å². The second-order valence-corrected chi connectivity index (χ2v) is 2.85. The molecule has 1 unspecified atom stereocenters. The van der Waals surface area contributed by atoms with Crippen LogP contribution in [0.3, 0.4) is 0 Å². The van der Waals surface area contributed by atoms with Gasteiger partial charge in [0.15, 0.2) is 0 Å². The monoisotopic (exact) mass is 174 g/mol. The number of hydrogen-bond donors (Lipinski definition) is 0. The fourth-order valence-corrected chi connectivity index (χ4v) is 0.827. The molecule has 0 amide bonds. The van der Waals surface area contributed by atoms with Crippen LogP contribution >= 0.6 is 0 Å². The van der Waals surface area contributed by atoms with Crippen molar-refractivity contribution in [1.29, 1.82) is 0 Å². The maximum Gasteiger partial charge on any atom is 0.345 e. The summed E-state index contributed by atoms with van der Waals surface area (Å²) in [5.41, 5.74) is 0. The third kappa shape index (κ3) is 5.13. The first-order chi connectivity index (χ1) is 5.72. The summed E-state index contributed by atoms with van der Waals surface area (Å²) in [5.74, 6) is -0.304. The second kappa shape index (κ2) is 7.10. The molecule has 0 saturated carbocycles. The molecule has 0 fully saturated rings. The average Bonchev–Trinajstić information content (AvgIpc) is 2.10. The fourth-order valence-electron chi connectivity index (χ4n) is 0.827. The van der Waals surface area contributed by atoms with E-state index in [0.717, 1.165) is 19.3 Å². The van der Waals surface area contributed by atoms with Crippen LogP contribution in [0.15, 0.2) is 0 Å². The summed E-state index contributed by atoms with van der Waals surface area (Å²) in [7, 11) is 0. The standard InChI is InChI=1S/C9H18O3/c1-4-6-7-8(3)9(10)12-11-5-2/h8H,4-7H2,1-3H3. The predicted octanol–water partition coefficient (Wildman–Crippen LogP) is 2.31. The summed E-state index contributed by atoms with van der Waals surface area (Å²) in [5, 5.41) is 0. The van der Waals surface area contributed by atoms with Crippen LogP contribution in [0.5, 0.6) is 0 Å². The summed E-state index contributed by atoms with van der Waals surface area (Å²) in [6.07, 6.45) is 3.04. The summed E-state index contributed by atoms with van der Waals surface area (Å²) in [6, 6.07) is 0. The van der Waals surface area contributed by atoms with Gasteiger partial charge in [-0.1, -0.05) is 26.7 Å². The van der Waals surface area contributed by atoms with E-state index in [9.17, 15) is 4.79 Å². The van der Waals surface area contributed by atoms with Crippen molar-refractivity contribution in [3.8, 4) is 0 Å². The maximum atomic E-state index is 11.1. The van der Waals surface area contributed by atoms with Gasteiger partial charge in [0.2, 0.25) is 0 Å². The number of unbranched alkanes of at least 4 members (excludes halogenated alkanes) is 1. The van der Waals surface area contributed by atoms with Crippen molar-refractivity contribution >= 4 is 5.97 Å². The number of carbonyl (C=O) groups is 1. The van der Waals surface area contributed by atoms with Crippen molar-refractivity contribution < 1.29 is 14.6 Å². The van der Waals surface area contributed by atoms with Gasteiger partial charge in [-0.05, 0) is 13.3 Å². The first-order valence-corrected chi connectivity index (χ1v) is 4.55. The van der Waals surface area contributed by atoms with E-state index in [-0.39, 0.29) is 11.9 Å².